The molecule has 2 heterocycles. The number of carboxylic acid groups (broad SMARTS) is 1. The lowest BCUT2D eigenvalue weighted by Crippen LogP contribution is -2.20. The highest BCUT2D eigenvalue weighted by molar-refractivity contribution is 7.13. The van der Waals surface area contributed by atoms with Crippen LogP contribution >= 0.6 is 11.5 Å². The molecular formula is C12H12N2O3S. The van der Waals surface area contributed by atoms with Crippen molar-refractivity contribution < 1.29 is 15.0 Å². The smallest absolute Gasteiger partial charge is 0.356 e. The molecule has 6 heteroatoms. The van der Waals surface area contributed by atoms with Gasteiger partial charge in [0.05, 0.1) is 10.8 Å². The second-order valence-electron chi connectivity index (χ2n) is 4.41. The van der Waals surface area contributed by atoms with Crippen molar-refractivity contribution in [3.8, 4) is 0 Å². The molecule has 2 aromatic rings. The van der Waals surface area contributed by atoms with Crippen LogP contribution in [-0.2, 0) is 0 Å². The molecule has 0 radical (unpaired) electrons. The largest absolute Gasteiger partial charge is 0.476 e. The molecule has 0 saturated carbocycles. The summed E-state index contributed by atoms with van der Waals surface area (Å²) < 4.78 is 4.82. The number of hydrogen-bond donors (Lipinski definition) is 2. The molecule has 2 N–H and O–H groups in total. The highest BCUT2D eigenvalue weighted by Crippen LogP contribution is 2.29. The molecule has 3 rings (SSSR count). The normalized spacial score (nSPS) is 19.6. The van der Waals surface area contributed by atoms with Crippen LogP contribution < -0.4 is 4.90 Å². The van der Waals surface area contributed by atoms with Gasteiger partial charge in [0.25, 0.3) is 0 Å². The maximum Gasteiger partial charge on any atom is 0.356 e. The Kier molecular flexibility index (Phi) is 2.68. The van der Waals surface area contributed by atoms with Crippen LogP contribution in [0.4, 0.5) is 5.69 Å². The number of β-amino-alcohol motifs (C(OH)–C–C–N with tert-alkyl or cyclic N) is 1. The van der Waals surface area contributed by atoms with E-state index in [1.54, 1.807) is 6.07 Å². The van der Waals surface area contributed by atoms with E-state index in [9.17, 15) is 9.90 Å². The highest BCUT2D eigenvalue weighted by atomic mass is 32.1. The SMILES string of the molecule is O=C(O)c1nsc2cc(N3CC[C@@H](O)C3)ccc12. The fourth-order valence-corrected chi connectivity index (χ4v) is 3.06. The highest BCUT2D eigenvalue weighted by Gasteiger charge is 2.21. The lowest BCUT2D eigenvalue weighted by atomic mass is 10.2. The molecule has 18 heavy (non-hydrogen) atoms. The Morgan fingerprint density at radius 3 is 3.00 bits per heavy atom. The number of aliphatic hydroxyl groups is 1. The number of anilines is 1. The topological polar surface area (TPSA) is 73.7 Å². The molecule has 1 aromatic heterocycles. The third-order valence-corrected chi connectivity index (χ3v) is 4.00. The Balaban J connectivity index is 1.99. The quantitative estimate of drug-likeness (QED) is 0.861. The molecule has 1 aliphatic rings. The number of aromatic carboxylic acids is 1. The zero-order chi connectivity index (χ0) is 12.7. The number of rotatable bonds is 2. The summed E-state index contributed by atoms with van der Waals surface area (Å²) in [4.78, 5) is 13.1. The Morgan fingerprint density at radius 2 is 2.33 bits per heavy atom. The van der Waals surface area contributed by atoms with Crippen LogP contribution in [0.2, 0.25) is 0 Å². The van der Waals surface area contributed by atoms with Crippen LogP contribution in [0.3, 0.4) is 0 Å². The van der Waals surface area contributed by atoms with Crippen LogP contribution in [0, 0.1) is 0 Å². The molecule has 1 atom stereocenters. The molecule has 1 saturated heterocycles. The first-order chi connectivity index (χ1) is 8.65. The van der Waals surface area contributed by atoms with Gasteiger partial charge in [-0.3, -0.25) is 0 Å². The minimum absolute atomic E-state index is 0.114. The van der Waals surface area contributed by atoms with Crippen molar-refractivity contribution in [2.24, 2.45) is 0 Å². The van der Waals surface area contributed by atoms with Gasteiger partial charge < -0.3 is 15.1 Å². The summed E-state index contributed by atoms with van der Waals surface area (Å²) >= 11 is 1.20. The fraction of sp³-hybridized carbons (Fsp3) is 0.333. The summed E-state index contributed by atoms with van der Waals surface area (Å²) in [6.07, 6.45) is 0.512. The van der Waals surface area contributed by atoms with E-state index in [0.717, 1.165) is 23.4 Å². The second kappa shape index (κ2) is 4.22. The molecule has 0 bridgehead atoms. The second-order valence-corrected chi connectivity index (χ2v) is 5.21. The third kappa shape index (κ3) is 1.83. The number of hydrogen-bond acceptors (Lipinski definition) is 5. The van der Waals surface area contributed by atoms with Gasteiger partial charge in [-0.1, -0.05) is 0 Å². The number of fused-ring (bicyclic) bond motifs is 1. The number of carbonyl (C=O) groups is 1. The maximum atomic E-state index is 11.0. The molecule has 1 aromatic carbocycles. The monoisotopic (exact) mass is 264 g/mol. The summed E-state index contributed by atoms with van der Waals surface area (Å²) in [6.45, 7) is 1.47. The molecule has 0 spiro atoms. The molecule has 0 amide bonds. The molecule has 1 aliphatic heterocycles. The van der Waals surface area contributed by atoms with Crippen molar-refractivity contribution in [3.05, 3.63) is 23.9 Å². The van der Waals surface area contributed by atoms with Crippen molar-refractivity contribution in [3.63, 3.8) is 0 Å². The first kappa shape index (κ1) is 11.4. The average Bonchev–Trinajstić information content (AvgIpc) is 2.93. The van der Waals surface area contributed by atoms with Crippen LogP contribution in [-0.4, -0.2) is 39.7 Å². The first-order valence-corrected chi connectivity index (χ1v) is 6.48. The Hall–Kier alpha value is -1.66. The van der Waals surface area contributed by atoms with Crippen LogP contribution in [0.5, 0.6) is 0 Å². The summed E-state index contributed by atoms with van der Waals surface area (Å²) in [5.74, 6) is -0.995. The molecule has 0 unspecified atom stereocenters. The summed E-state index contributed by atoms with van der Waals surface area (Å²) in [7, 11) is 0. The Morgan fingerprint density at radius 1 is 1.50 bits per heavy atom. The number of nitrogens with zero attached hydrogens (tertiary/aromatic N) is 2. The number of aliphatic hydroxyl groups excluding tert-OH is 1. The number of benzene rings is 1. The predicted octanol–water partition coefficient (Wildman–Crippen LogP) is 1.57. The van der Waals surface area contributed by atoms with E-state index in [0.29, 0.717) is 11.9 Å². The Bertz CT molecular complexity index is 610. The predicted molar refractivity (Wildman–Crippen MR) is 69.4 cm³/mol. The van der Waals surface area contributed by atoms with Crippen molar-refractivity contribution >= 4 is 33.3 Å². The lowest BCUT2D eigenvalue weighted by molar-refractivity contribution is 0.0694. The molecular weight excluding hydrogens is 252 g/mol. The fourth-order valence-electron chi connectivity index (χ4n) is 2.25. The first-order valence-electron chi connectivity index (χ1n) is 5.71. The molecule has 5 nitrogen and oxygen atoms in total. The van der Waals surface area contributed by atoms with Crippen LogP contribution in [0.1, 0.15) is 16.9 Å². The zero-order valence-electron chi connectivity index (χ0n) is 9.54. The molecule has 94 valence electrons. The van der Waals surface area contributed by atoms with Gasteiger partial charge >= 0.3 is 5.97 Å². The van der Waals surface area contributed by atoms with Crippen molar-refractivity contribution in [1.82, 2.24) is 4.37 Å². The van der Waals surface area contributed by atoms with Gasteiger partial charge in [0, 0.05) is 24.2 Å². The van der Waals surface area contributed by atoms with E-state index < -0.39 is 5.97 Å². The Labute approximate surface area is 107 Å². The van der Waals surface area contributed by atoms with Gasteiger partial charge in [0.15, 0.2) is 5.69 Å². The van der Waals surface area contributed by atoms with E-state index in [1.165, 1.54) is 11.5 Å². The summed E-state index contributed by atoms with van der Waals surface area (Å²) in [5.41, 5.74) is 1.13. The van der Waals surface area contributed by atoms with E-state index in [-0.39, 0.29) is 11.8 Å². The lowest BCUT2D eigenvalue weighted by Gasteiger charge is -2.17. The number of carboxylic acids is 1. The van der Waals surface area contributed by atoms with Gasteiger partial charge in [0.1, 0.15) is 0 Å². The summed E-state index contributed by atoms with van der Waals surface area (Å²) in [5, 5.41) is 19.2. The summed E-state index contributed by atoms with van der Waals surface area (Å²) in [6, 6.07) is 5.63. The van der Waals surface area contributed by atoms with Gasteiger partial charge in [-0.05, 0) is 36.2 Å². The van der Waals surface area contributed by atoms with Crippen molar-refractivity contribution in [1.29, 1.82) is 0 Å². The zero-order valence-corrected chi connectivity index (χ0v) is 10.4. The van der Waals surface area contributed by atoms with Crippen LogP contribution in [0.25, 0.3) is 10.1 Å². The van der Waals surface area contributed by atoms with Crippen LogP contribution in [0.15, 0.2) is 18.2 Å². The minimum atomic E-state index is -0.995. The van der Waals surface area contributed by atoms with E-state index in [4.69, 9.17) is 5.11 Å². The number of aromatic nitrogens is 1. The van der Waals surface area contributed by atoms with Crippen molar-refractivity contribution in [2.45, 2.75) is 12.5 Å². The van der Waals surface area contributed by atoms with Crippen molar-refractivity contribution in [2.75, 3.05) is 18.0 Å². The molecule has 0 aliphatic carbocycles. The average molecular weight is 264 g/mol. The van der Waals surface area contributed by atoms with Gasteiger partial charge in [-0.2, -0.15) is 4.37 Å². The van der Waals surface area contributed by atoms with Gasteiger partial charge in [-0.25, -0.2) is 4.79 Å². The third-order valence-electron chi connectivity index (χ3n) is 3.19. The van der Waals surface area contributed by atoms with E-state index >= 15 is 0 Å². The minimum Gasteiger partial charge on any atom is -0.476 e. The molecule has 1 fully saturated rings. The van der Waals surface area contributed by atoms with E-state index in [1.807, 2.05) is 12.1 Å². The standard InChI is InChI=1S/C12H12N2O3S/c15-8-3-4-14(6-8)7-1-2-9-10(5-7)18-13-11(9)12(16)17/h1-2,5,8,15H,3-4,6H2,(H,16,17)/t8-/m1/s1. The van der Waals surface area contributed by atoms with Gasteiger partial charge in [-0.15, -0.1) is 0 Å². The van der Waals surface area contributed by atoms with Gasteiger partial charge in [0.2, 0.25) is 0 Å². The van der Waals surface area contributed by atoms with E-state index in [2.05, 4.69) is 9.27 Å². The maximum absolute atomic E-state index is 11.0.